The van der Waals surface area contributed by atoms with E-state index in [9.17, 15) is 4.79 Å². The van der Waals surface area contributed by atoms with Crippen LogP contribution >= 0.6 is 11.8 Å². The summed E-state index contributed by atoms with van der Waals surface area (Å²) in [5.74, 6) is -0.975. The van der Waals surface area contributed by atoms with Gasteiger partial charge in [-0.25, -0.2) is 4.79 Å². The number of rotatable bonds is 1. The van der Waals surface area contributed by atoms with Crippen molar-refractivity contribution in [3.05, 3.63) is 11.8 Å². The highest BCUT2D eigenvalue weighted by atomic mass is 32.2. The van der Waals surface area contributed by atoms with Crippen LogP contribution in [-0.2, 0) is 0 Å². The molecule has 0 radical (unpaired) electrons. The first-order valence-corrected chi connectivity index (χ1v) is 6.30. The highest BCUT2D eigenvalue weighted by molar-refractivity contribution is 8.00. The second-order valence-electron chi connectivity index (χ2n) is 4.46. The number of anilines is 1. The molecule has 1 fully saturated rings. The Morgan fingerprint density at radius 1 is 1.50 bits per heavy atom. The van der Waals surface area contributed by atoms with E-state index in [-0.39, 0.29) is 10.5 Å². The van der Waals surface area contributed by atoms with Gasteiger partial charge in [-0.3, -0.25) is 0 Å². The fourth-order valence-corrected chi connectivity index (χ4v) is 3.87. The van der Waals surface area contributed by atoms with Gasteiger partial charge in [0.1, 0.15) is 0 Å². The predicted octanol–water partition coefficient (Wildman–Crippen LogP) is 2.81. The summed E-state index contributed by atoms with van der Waals surface area (Å²) < 4.78 is 5.59. The molecule has 1 aromatic rings. The molecule has 0 aromatic carbocycles. The van der Waals surface area contributed by atoms with Crippen LogP contribution in [0.25, 0.3) is 0 Å². The standard InChI is InChI=1S/C11H13NO3S/c13-9(14)8-5-7-10(15-8)16-11(6-12-7)3-1-2-4-11/h5,12H,1-4,6H2,(H,13,14). The summed E-state index contributed by atoms with van der Waals surface area (Å²) >= 11 is 1.71. The number of carboxylic acid groups (broad SMARTS) is 1. The molecule has 3 rings (SSSR count). The Kier molecular flexibility index (Phi) is 2.17. The zero-order valence-corrected chi connectivity index (χ0v) is 9.60. The molecule has 0 bridgehead atoms. The van der Waals surface area contributed by atoms with Gasteiger partial charge in [-0.05, 0) is 12.8 Å². The maximum Gasteiger partial charge on any atom is 0.371 e. The highest BCUT2D eigenvalue weighted by Crippen LogP contribution is 2.51. The van der Waals surface area contributed by atoms with Gasteiger partial charge in [0.25, 0.3) is 0 Å². The second kappa shape index (κ2) is 3.45. The molecule has 86 valence electrons. The van der Waals surface area contributed by atoms with Gasteiger partial charge in [-0.2, -0.15) is 0 Å². The molecule has 0 saturated heterocycles. The zero-order valence-electron chi connectivity index (χ0n) is 8.78. The molecule has 1 aliphatic heterocycles. The molecule has 1 spiro atoms. The minimum absolute atomic E-state index is 0.0278. The number of hydrogen-bond donors (Lipinski definition) is 2. The molecule has 0 unspecified atom stereocenters. The molecule has 4 nitrogen and oxygen atoms in total. The Labute approximate surface area is 97.4 Å². The maximum absolute atomic E-state index is 10.8. The van der Waals surface area contributed by atoms with Crippen molar-refractivity contribution in [3.63, 3.8) is 0 Å². The minimum atomic E-state index is -1.00. The fourth-order valence-electron chi connectivity index (χ4n) is 2.47. The van der Waals surface area contributed by atoms with E-state index in [1.165, 1.54) is 25.7 Å². The number of aromatic carboxylic acids is 1. The molecule has 1 saturated carbocycles. The van der Waals surface area contributed by atoms with Crippen molar-refractivity contribution in [2.24, 2.45) is 0 Å². The average Bonchev–Trinajstić information content (AvgIpc) is 2.85. The van der Waals surface area contributed by atoms with E-state index in [0.29, 0.717) is 0 Å². The number of fused-ring (bicyclic) bond motifs is 1. The highest BCUT2D eigenvalue weighted by Gasteiger charge is 2.40. The normalized spacial score (nSPS) is 21.8. The lowest BCUT2D eigenvalue weighted by atomic mass is 10.1. The van der Waals surface area contributed by atoms with Crippen molar-refractivity contribution in [2.75, 3.05) is 11.9 Å². The Morgan fingerprint density at radius 2 is 2.25 bits per heavy atom. The fraction of sp³-hybridized carbons (Fsp3) is 0.545. The van der Waals surface area contributed by atoms with Crippen molar-refractivity contribution in [1.29, 1.82) is 0 Å². The first-order valence-electron chi connectivity index (χ1n) is 5.49. The molecule has 1 aliphatic carbocycles. The molecule has 16 heavy (non-hydrogen) atoms. The molecule has 2 N–H and O–H groups in total. The lowest BCUT2D eigenvalue weighted by Crippen LogP contribution is -2.33. The van der Waals surface area contributed by atoms with Gasteiger partial charge in [0, 0.05) is 17.4 Å². The van der Waals surface area contributed by atoms with Gasteiger partial charge in [0.2, 0.25) is 5.76 Å². The van der Waals surface area contributed by atoms with Gasteiger partial charge in [0.05, 0.1) is 5.69 Å². The molecule has 2 aliphatic rings. The number of carboxylic acids is 1. The molecule has 0 amide bonds. The van der Waals surface area contributed by atoms with E-state index in [0.717, 1.165) is 17.3 Å². The molecule has 1 aromatic heterocycles. The van der Waals surface area contributed by atoms with Crippen LogP contribution in [0.1, 0.15) is 36.2 Å². The van der Waals surface area contributed by atoms with E-state index in [1.807, 2.05) is 0 Å². The van der Waals surface area contributed by atoms with Gasteiger partial charge >= 0.3 is 5.97 Å². The van der Waals surface area contributed by atoms with E-state index >= 15 is 0 Å². The van der Waals surface area contributed by atoms with Crippen molar-refractivity contribution in [1.82, 2.24) is 0 Å². The largest absolute Gasteiger partial charge is 0.475 e. The molecular weight excluding hydrogens is 226 g/mol. The first kappa shape index (κ1) is 10.1. The van der Waals surface area contributed by atoms with E-state index in [1.54, 1.807) is 17.8 Å². The minimum Gasteiger partial charge on any atom is -0.475 e. The number of furan rings is 1. The third kappa shape index (κ3) is 1.50. The Hall–Kier alpha value is -1.10. The smallest absolute Gasteiger partial charge is 0.371 e. The Balaban J connectivity index is 1.91. The van der Waals surface area contributed by atoms with Crippen LogP contribution in [0.5, 0.6) is 0 Å². The summed E-state index contributed by atoms with van der Waals surface area (Å²) in [4.78, 5) is 10.8. The maximum atomic E-state index is 10.8. The summed E-state index contributed by atoms with van der Waals surface area (Å²) in [6, 6.07) is 1.58. The van der Waals surface area contributed by atoms with Crippen LogP contribution in [0.4, 0.5) is 5.69 Å². The Bertz CT molecular complexity index is 434. The van der Waals surface area contributed by atoms with Crippen molar-refractivity contribution >= 4 is 23.4 Å². The lowest BCUT2D eigenvalue weighted by molar-refractivity contribution is 0.0656. The van der Waals surface area contributed by atoms with E-state index < -0.39 is 5.97 Å². The van der Waals surface area contributed by atoms with Crippen molar-refractivity contribution in [2.45, 2.75) is 35.5 Å². The van der Waals surface area contributed by atoms with Gasteiger partial charge < -0.3 is 14.8 Å². The quantitative estimate of drug-likeness (QED) is 0.789. The summed E-state index contributed by atoms with van der Waals surface area (Å²) in [5, 5.41) is 12.9. The van der Waals surface area contributed by atoms with E-state index in [2.05, 4.69) is 5.32 Å². The van der Waals surface area contributed by atoms with Crippen LogP contribution in [0.3, 0.4) is 0 Å². The zero-order chi connectivity index (χ0) is 11.2. The number of hydrogen-bond acceptors (Lipinski definition) is 4. The van der Waals surface area contributed by atoms with Crippen LogP contribution in [0.15, 0.2) is 15.6 Å². The second-order valence-corrected chi connectivity index (χ2v) is 5.90. The van der Waals surface area contributed by atoms with Crippen LogP contribution in [-0.4, -0.2) is 22.4 Å². The Morgan fingerprint density at radius 3 is 2.94 bits per heavy atom. The SMILES string of the molecule is O=C(O)c1cc2c(o1)SC1(CCCC1)CN2. The summed E-state index contributed by atoms with van der Waals surface area (Å²) in [7, 11) is 0. The van der Waals surface area contributed by atoms with Crippen LogP contribution in [0.2, 0.25) is 0 Å². The number of thioether (sulfide) groups is 1. The molecule has 2 heterocycles. The molecule has 5 heteroatoms. The van der Waals surface area contributed by atoms with Gasteiger partial charge in [-0.1, -0.05) is 24.6 Å². The van der Waals surface area contributed by atoms with Crippen molar-refractivity contribution < 1.29 is 14.3 Å². The van der Waals surface area contributed by atoms with E-state index in [4.69, 9.17) is 9.52 Å². The topological polar surface area (TPSA) is 62.5 Å². The lowest BCUT2D eigenvalue weighted by Gasteiger charge is -2.31. The monoisotopic (exact) mass is 239 g/mol. The number of nitrogens with one attached hydrogen (secondary N) is 1. The van der Waals surface area contributed by atoms with Crippen LogP contribution in [0, 0.1) is 0 Å². The van der Waals surface area contributed by atoms with Gasteiger partial charge in [0.15, 0.2) is 5.09 Å². The molecule has 0 atom stereocenters. The average molecular weight is 239 g/mol. The van der Waals surface area contributed by atoms with Crippen molar-refractivity contribution in [3.8, 4) is 0 Å². The molecular formula is C11H13NO3S. The summed E-state index contributed by atoms with van der Waals surface area (Å²) in [5.41, 5.74) is 0.833. The summed E-state index contributed by atoms with van der Waals surface area (Å²) in [6.07, 6.45) is 4.90. The van der Waals surface area contributed by atoms with Crippen LogP contribution < -0.4 is 5.32 Å². The number of carbonyl (C=O) groups is 1. The third-order valence-electron chi connectivity index (χ3n) is 3.33. The first-order chi connectivity index (χ1) is 7.69. The summed E-state index contributed by atoms with van der Waals surface area (Å²) in [6.45, 7) is 0.920. The van der Waals surface area contributed by atoms with Gasteiger partial charge in [-0.15, -0.1) is 0 Å². The third-order valence-corrected chi connectivity index (χ3v) is 4.81. The predicted molar refractivity (Wildman–Crippen MR) is 61.2 cm³/mol.